The minimum atomic E-state index is -0.565. The fourth-order valence-electron chi connectivity index (χ4n) is 7.86. The van der Waals surface area contributed by atoms with Crippen LogP contribution in [0.5, 0.6) is 0 Å². The van der Waals surface area contributed by atoms with Gasteiger partial charge in [-0.3, -0.25) is 33.6 Å². The van der Waals surface area contributed by atoms with Crippen LogP contribution in [0.15, 0.2) is 221 Å². The van der Waals surface area contributed by atoms with Gasteiger partial charge in [-0.05, 0) is 157 Å². The van der Waals surface area contributed by atoms with Crippen molar-refractivity contribution in [2.75, 3.05) is 20.4 Å². The predicted molar refractivity (Wildman–Crippen MR) is 271 cm³/mol. The Morgan fingerprint density at radius 1 is 0.375 bits per heavy atom. The first-order valence-corrected chi connectivity index (χ1v) is 22.3. The van der Waals surface area contributed by atoms with E-state index in [1.165, 1.54) is 42.5 Å². The molecule has 8 aromatic carbocycles. The lowest BCUT2D eigenvalue weighted by molar-refractivity contribution is 0.0910. The molecular formula is C57H36N8O7. The summed E-state index contributed by atoms with van der Waals surface area (Å²) in [5.41, 5.74) is 5.94. The Labute approximate surface area is 410 Å². The molecule has 15 nitrogen and oxygen atoms in total. The van der Waals surface area contributed by atoms with E-state index in [-0.39, 0.29) is 39.2 Å². The molecule has 8 aromatic rings. The molecular weight excluding hydrogens is 909 g/mol. The van der Waals surface area contributed by atoms with Gasteiger partial charge in [0.15, 0.2) is 5.78 Å². The fourth-order valence-corrected chi connectivity index (χ4v) is 7.86. The minimum Gasteiger partial charge on any atom is -0.322 e. The average molecular weight is 945 g/mol. The van der Waals surface area contributed by atoms with E-state index in [1.807, 2.05) is 60.7 Å². The largest absolute Gasteiger partial charge is 0.322 e. The number of imide groups is 2. The molecule has 10 rings (SSSR count). The van der Waals surface area contributed by atoms with Crippen molar-refractivity contribution in [1.82, 2.24) is 0 Å². The van der Waals surface area contributed by atoms with E-state index in [1.54, 1.807) is 103 Å². The summed E-state index contributed by atoms with van der Waals surface area (Å²) < 4.78 is 0. The van der Waals surface area contributed by atoms with E-state index in [9.17, 15) is 33.6 Å². The van der Waals surface area contributed by atoms with Gasteiger partial charge in [-0.25, -0.2) is 9.80 Å². The average Bonchev–Trinajstić information content (AvgIpc) is 3.82. The summed E-state index contributed by atoms with van der Waals surface area (Å²) in [6, 6.07) is 53.2. The smallest absolute Gasteiger partial charge is 0.266 e. The zero-order chi connectivity index (χ0) is 49.7. The highest BCUT2D eigenvalue weighted by molar-refractivity contribution is 6.35. The van der Waals surface area contributed by atoms with Gasteiger partial charge in [0, 0.05) is 28.1 Å². The lowest BCUT2D eigenvalue weighted by Crippen LogP contribution is -2.29. The molecule has 0 radical (unpaired) electrons. The number of rotatable bonds is 13. The van der Waals surface area contributed by atoms with Crippen molar-refractivity contribution in [1.29, 1.82) is 0 Å². The fraction of sp³-hybridized carbons (Fsp3) is 0. The van der Waals surface area contributed by atoms with Crippen LogP contribution in [0, 0.1) is 0 Å². The Hall–Kier alpha value is -10.4. The number of fused-ring (bicyclic) bond motifs is 2. The highest BCUT2D eigenvalue weighted by Crippen LogP contribution is 2.33. The van der Waals surface area contributed by atoms with Gasteiger partial charge < -0.3 is 10.6 Å². The summed E-state index contributed by atoms with van der Waals surface area (Å²) in [5, 5.41) is 22.4. The van der Waals surface area contributed by atoms with E-state index in [2.05, 4.69) is 31.1 Å². The van der Waals surface area contributed by atoms with Crippen LogP contribution in [0.1, 0.15) is 78.1 Å². The monoisotopic (exact) mass is 944 g/mol. The van der Waals surface area contributed by atoms with Crippen molar-refractivity contribution < 1.29 is 33.6 Å². The first-order chi connectivity index (χ1) is 35.1. The Morgan fingerprint density at radius 2 is 0.736 bits per heavy atom. The molecule has 0 unspecified atom stereocenters. The summed E-state index contributed by atoms with van der Waals surface area (Å²) in [7, 11) is 0. The number of amides is 6. The Bertz CT molecular complexity index is 3580. The number of anilines is 4. The number of nitrogens with one attached hydrogen (secondary N) is 2. The minimum absolute atomic E-state index is 0.0947. The molecule has 2 N–H and O–H groups in total. The molecule has 2 heterocycles. The summed E-state index contributed by atoms with van der Waals surface area (Å²) in [5.74, 6) is -3.45. The molecule has 346 valence electrons. The van der Waals surface area contributed by atoms with Gasteiger partial charge in [0.1, 0.15) is 0 Å². The number of ketones is 1. The lowest BCUT2D eigenvalue weighted by Gasteiger charge is -2.13. The number of benzene rings is 8. The molecule has 15 heteroatoms. The topological polar surface area (TPSA) is 199 Å². The van der Waals surface area contributed by atoms with Crippen LogP contribution >= 0.6 is 0 Å². The van der Waals surface area contributed by atoms with Crippen molar-refractivity contribution in [3.63, 3.8) is 0 Å². The highest BCUT2D eigenvalue weighted by Gasteiger charge is 2.38. The van der Waals surface area contributed by atoms with Crippen LogP contribution < -0.4 is 20.4 Å². The molecule has 6 amide bonds. The normalized spacial score (nSPS) is 13.1. The molecule has 0 spiro atoms. The van der Waals surface area contributed by atoms with Crippen LogP contribution in [0.2, 0.25) is 0 Å². The second kappa shape index (κ2) is 19.7. The SMILES string of the molecule is O=C(/C=C/c1ccc(NC(=O)c2ccc3c(c2)C(=O)N(c2ccc(N=Nc4ccccc4)cc2)C3=O)cc1)c1ccc(NC(=O)c2ccc3c(c2)C(=O)N(c2ccc(N=Nc4ccccc4)cc2)C3=O)cc1. The van der Waals surface area contributed by atoms with Gasteiger partial charge >= 0.3 is 0 Å². The summed E-state index contributed by atoms with van der Waals surface area (Å²) >= 11 is 0. The van der Waals surface area contributed by atoms with E-state index in [0.717, 1.165) is 9.80 Å². The molecule has 0 saturated heterocycles. The second-order valence-corrected chi connectivity index (χ2v) is 16.3. The van der Waals surface area contributed by atoms with Crippen molar-refractivity contribution in [3.8, 4) is 0 Å². The predicted octanol–water partition coefficient (Wildman–Crippen LogP) is 12.5. The van der Waals surface area contributed by atoms with Crippen molar-refractivity contribution in [2.45, 2.75) is 0 Å². The van der Waals surface area contributed by atoms with Crippen LogP contribution in [-0.4, -0.2) is 41.2 Å². The third-order valence-corrected chi connectivity index (χ3v) is 11.6. The van der Waals surface area contributed by atoms with Crippen molar-refractivity contribution in [3.05, 3.63) is 245 Å². The number of allylic oxidation sites excluding steroid dienone is 1. The van der Waals surface area contributed by atoms with Gasteiger partial charge in [-0.1, -0.05) is 54.6 Å². The zero-order valence-corrected chi connectivity index (χ0v) is 37.7. The molecule has 0 aliphatic carbocycles. The number of carbonyl (C=O) groups is 7. The molecule has 2 aliphatic rings. The van der Waals surface area contributed by atoms with Crippen molar-refractivity contribution in [2.24, 2.45) is 20.5 Å². The van der Waals surface area contributed by atoms with E-state index in [0.29, 0.717) is 56.6 Å². The first kappa shape index (κ1) is 45.4. The number of hydrogen-bond donors (Lipinski definition) is 2. The maximum atomic E-state index is 13.5. The second-order valence-electron chi connectivity index (χ2n) is 16.3. The Balaban J connectivity index is 0.713. The van der Waals surface area contributed by atoms with Gasteiger partial charge in [0.2, 0.25) is 0 Å². The van der Waals surface area contributed by atoms with E-state index >= 15 is 0 Å². The van der Waals surface area contributed by atoms with Crippen LogP contribution in [-0.2, 0) is 0 Å². The van der Waals surface area contributed by atoms with Gasteiger partial charge in [-0.15, -0.1) is 0 Å². The number of carbonyl (C=O) groups excluding carboxylic acids is 7. The van der Waals surface area contributed by atoms with E-state index in [4.69, 9.17) is 0 Å². The van der Waals surface area contributed by atoms with Crippen LogP contribution in [0.4, 0.5) is 45.5 Å². The molecule has 0 fully saturated rings. The van der Waals surface area contributed by atoms with E-state index < -0.39 is 35.4 Å². The lowest BCUT2D eigenvalue weighted by atomic mass is 10.0. The number of nitrogens with zero attached hydrogens (tertiary/aromatic N) is 6. The third-order valence-electron chi connectivity index (χ3n) is 11.6. The Kier molecular flexibility index (Phi) is 12.4. The summed E-state index contributed by atoms with van der Waals surface area (Å²) in [4.78, 5) is 95.3. The summed E-state index contributed by atoms with van der Waals surface area (Å²) in [6.07, 6.45) is 3.02. The van der Waals surface area contributed by atoms with Gasteiger partial charge in [-0.2, -0.15) is 20.5 Å². The third kappa shape index (κ3) is 9.52. The zero-order valence-electron chi connectivity index (χ0n) is 37.7. The standard InChI is InChI=1S/C57H36N8O7/c66-51(36-14-20-40(21-15-36)59-53(68)38-17-31-48-50(34-38)57(72)65(55(48)70)46-28-24-44(25-29-46)63-61-42-9-5-2-6-10-42)32-13-35-11-18-39(19-12-35)58-52(67)37-16-30-47-49(33-37)56(71)64(54(47)69)45-26-22-43(23-27-45)62-60-41-7-3-1-4-8-41/h1-34H,(H,58,67)(H,59,68)/b32-13+,62-60?,63-61?. The Morgan fingerprint density at radius 3 is 1.15 bits per heavy atom. The quantitative estimate of drug-likeness (QED) is 0.0495. The molecule has 0 atom stereocenters. The highest BCUT2D eigenvalue weighted by atomic mass is 16.2. The molecule has 0 aromatic heterocycles. The van der Waals surface area contributed by atoms with Crippen molar-refractivity contribution >= 4 is 92.8 Å². The van der Waals surface area contributed by atoms with Gasteiger partial charge in [0.25, 0.3) is 35.4 Å². The number of azo groups is 2. The number of hydrogen-bond acceptors (Lipinski definition) is 11. The van der Waals surface area contributed by atoms with Crippen LogP contribution in [0.25, 0.3) is 6.08 Å². The molecule has 2 aliphatic heterocycles. The molecule has 0 bridgehead atoms. The molecule has 0 saturated carbocycles. The summed E-state index contributed by atoms with van der Waals surface area (Å²) in [6.45, 7) is 0. The maximum absolute atomic E-state index is 13.5. The van der Waals surface area contributed by atoms with Crippen LogP contribution in [0.3, 0.4) is 0 Å². The van der Waals surface area contributed by atoms with Gasteiger partial charge in [0.05, 0.1) is 56.4 Å². The molecule has 72 heavy (non-hydrogen) atoms. The maximum Gasteiger partial charge on any atom is 0.266 e. The first-order valence-electron chi connectivity index (χ1n) is 22.3.